The molecule has 2 N–H and O–H groups in total. The molecule has 3 rings (SSSR count). The van der Waals surface area contributed by atoms with Crippen LogP contribution in [0.25, 0.3) is 0 Å². The summed E-state index contributed by atoms with van der Waals surface area (Å²) in [5.41, 5.74) is 0.524. The van der Waals surface area contributed by atoms with Crippen molar-refractivity contribution in [3.05, 3.63) is 47.8 Å². The minimum absolute atomic E-state index is 0.103. The highest BCUT2D eigenvalue weighted by Gasteiger charge is 2.36. The average molecular weight is 393 g/mol. The molecule has 1 aliphatic rings. The van der Waals surface area contributed by atoms with Gasteiger partial charge >= 0.3 is 11.8 Å². The summed E-state index contributed by atoms with van der Waals surface area (Å²) in [5, 5.41) is 6.75. The van der Waals surface area contributed by atoms with Crippen molar-refractivity contribution in [1.82, 2.24) is 9.62 Å². The van der Waals surface area contributed by atoms with Crippen molar-refractivity contribution in [2.45, 2.75) is 23.1 Å². The Kier molecular flexibility index (Phi) is 5.70. The van der Waals surface area contributed by atoms with E-state index in [1.54, 1.807) is 47.8 Å². The number of carbonyl (C=O) groups is 2. The number of hydrogen-bond acceptors (Lipinski definition) is 5. The maximum Gasteiger partial charge on any atom is 0.313 e. The summed E-state index contributed by atoms with van der Waals surface area (Å²) >= 11 is 1.17. The fourth-order valence-electron chi connectivity index (χ4n) is 2.86. The number of anilines is 1. The summed E-state index contributed by atoms with van der Waals surface area (Å²) in [6.45, 7) is 0.516. The normalized spacial score (nSPS) is 17.8. The molecule has 0 unspecified atom stereocenters. The van der Waals surface area contributed by atoms with Crippen molar-refractivity contribution in [1.29, 1.82) is 0 Å². The Morgan fingerprint density at radius 3 is 2.58 bits per heavy atom. The lowest BCUT2D eigenvalue weighted by molar-refractivity contribution is -0.136. The molecule has 1 fully saturated rings. The second kappa shape index (κ2) is 7.98. The Morgan fingerprint density at radius 2 is 1.88 bits per heavy atom. The molecule has 0 bridgehead atoms. The van der Waals surface area contributed by atoms with Gasteiger partial charge in [0.15, 0.2) is 0 Å². The minimum Gasteiger partial charge on any atom is -0.346 e. The van der Waals surface area contributed by atoms with Gasteiger partial charge in [-0.3, -0.25) is 9.59 Å². The lowest BCUT2D eigenvalue weighted by Gasteiger charge is -2.23. The number of nitrogens with zero attached hydrogens (tertiary/aromatic N) is 1. The number of carbonyl (C=O) groups excluding carboxylic acids is 2. The van der Waals surface area contributed by atoms with Crippen molar-refractivity contribution in [2.75, 3.05) is 18.4 Å². The number of nitrogens with one attached hydrogen (secondary N) is 2. The summed E-state index contributed by atoms with van der Waals surface area (Å²) in [6.07, 6.45) is 1.37. The first-order chi connectivity index (χ1) is 12.5. The first-order valence-corrected chi connectivity index (χ1v) is 10.5. The number of benzene rings is 1. The van der Waals surface area contributed by atoms with Crippen LogP contribution in [0.2, 0.25) is 0 Å². The molecule has 0 aliphatic carbocycles. The third kappa shape index (κ3) is 4.12. The van der Waals surface area contributed by atoms with Gasteiger partial charge in [-0.25, -0.2) is 8.42 Å². The lowest BCUT2D eigenvalue weighted by atomic mass is 10.2. The summed E-state index contributed by atoms with van der Waals surface area (Å²) < 4.78 is 27.0. The Balaban J connectivity index is 1.58. The van der Waals surface area contributed by atoms with Crippen molar-refractivity contribution >= 4 is 38.9 Å². The van der Waals surface area contributed by atoms with E-state index in [9.17, 15) is 18.0 Å². The van der Waals surface area contributed by atoms with E-state index in [0.29, 0.717) is 18.7 Å². The quantitative estimate of drug-likeness (QED) is 0.755. The maximum atomic E-state index is 12.7. The largest absolute Gasteiger partial charge is 0.346 e. The topological polar surface area (TPSA) is 95.6 Å². The Labute approximate surface area is 156 Å². The number of hydrogen-bond donors (Lipinski definition) is 2. The first-order valence-electron chi connectivity index (χ1n) is 8.18. The highest BCUT2D eigenvalue weighted by molar-refractivity contribution is 7.91. The molecule has 9 heteroatoms. The van der Waals surface area contributed by atoms with Gasteiger partial charge in [0.2, 0.25) is 0 Å². The molecule has 1 saturated heterocycles. The molecule has 138 valence electrons. The number of rotatable bonds is 5. The molecule has 0 spiro atoms. The van der Waals surface area contributed by atoms with Crippen LogP contribution in [0.4, 0.5) is 5.69 Å². The number of amides is 2. The van der Waals surface area contributed by atoms with Crippen LogP contribution >= 0.6 is 11.3 Å². The van der Waals surface area contributed by atoms with Crippen LogP contribution in [0.5, 0.6) is 0 Å². The van der Waals surface area contributed by atoms with Crippen molar-refractivity contribution in [3.8, 4) is 0 Å². The van der Waals surface area contributed by atoms with Crippen molar-refractivity contribution in [3.63, 3.8) is 0 Å². The average Bonchev–Trinajstić information content (AvgIpc) is 3.32. The summed E-state index contributed by atoms with van der Waals surface area (Å²) in [7, 11) is -3.56. The van der Waals surface area contributed by atoms with Crippen molar-refractivity contribution < 1.29 is 18.0 Å². The van der Waals surface area contributed by atoms with E-state index in [2.05, 4.69) is 10.6 Å². The highest BCUT2D eigenvalue weighted by atomic mass is 32.2. The van der Waals surface area contributed by atoms with Gasteiger partial charge in [0, 0.05) is 24.8 Å². The zero-order valence-electron chi connectivity index (χ0n) is 13.9. The van der Waals surface area contributed by atoms with E-state index in [1.807, 2.05) is 0 Å². The van der Waals surface area contributed by atoms with Gasteiger partial charge in [-0.05, 0) is 36.4 Å². The highest BCUT2D eigenvalue weighted by Crippen LogP contribution is 2.28. The number of thiophene rings is 1. The maximum absolute atomic E-state index is 12.7. The SMILES string of the molecule is O=C(NC[C@@H]1CCCN1S(=O)(=O)c1cccs1)C(=O)Nc1ccccc1. The fourth-order valence-corrected chi connectivity index (χ4v) is 5.67. The molecule has 1 aromatic heterocycles. The molecule has 2 aromatic rings. The van der Waals surface area contributed by atoms with Gasteiger partial charge < -0.3 is 10.6 Å². The number of sulfonamides is 1. The molecule has 26 heavy (non-hydrogen) atoms. The van der Waals surface area contributed by atoms with E-state index >= 15 is 0 Å². The molecular formula is C17H19N3O4S2. The van der Waals surface area contributed by atoms with Gasteiger partial charge in [0.1, 0.15) is 4.21 Å². The van der Waals surface area contributed by atoms with E-state index in [0.717, 1.165) is 6.42 Å². The predicted molar refractivity (Wildman–Crippen MR) is 99.3 cm³/mol. The third-order valence-corrected chi connectivity index (χ3v) is 7.44. The molecule has 7 nitrogen and oxygen atoms in total. The predicted octanol–water partition coefficient (Wildman–Crippen LogP) is 1.66. The van der Waals surface area contributed by atoms with E-state index < -0.39 is 21.8 Å². The van der Waals surface area contributed by atoms with Gasteiger partial charge in [0.05, 0.1) is 0 Å². The molecule has 2 amide bonds. The molecule has 2 heterocycles. The molecule has 0 saturated carbocycles. The van der Waals surface area contributed by atoms with Gasteiger partial charge in [0.25, 0.3) is 10.0 Å². The van der Waals surface area contributed by atoms with Crippen molar-refractivity contribution in [2.24, 2.45) is 0 Å². The van der Waals surface area contributed by atoms with E-state index in [-0.39, 0.29) is 16.8 Å². The summed E-state index contributed by atoms with van der Waals surface area (Å²) in [5.74, 6) is -1.56. The summed E-state index contributed by atoms with van der Waals surface area (Å²) in [4.78, 5) is 23.9. The monoisotopic (exact) mass is 393 g/mol. The second-order valence-electron chi connectivity index (χ2n) is 5.87. The molecule has 1 aromatic carbocycles. The van der Waals surface area contributed by atoms with Crippen LogP contribution in [-0.2, 0) is 19.6 Å². The Bertz CT molecular complexity index is 867. The van der Waals surface area contributed by atoms with Crippen LogP contribution < -0.4 is 10.6 Å². The van der Waals surface area contributed by atoms with Crippen LogP contribution in [-0.4, -0.2) is 43.7 Å². The van der Waals surface area contributed by atoms with Gasteiger partial charge in [-0.1, -0.05) is 24.3 Å². The van der Waals surface area contributed by atoms with Crippen LogP contribution in [0, 0.1) is 0 Å². The standard InChI is InChI=1S/C17H19N3O4S2/c21-16(17(22)19-13-6-2-1-3-7-13)18-12-14-8-4-10-20(14)26(23,24)15-9-5-11-25-15/h1-3,5-7,9,11,14H,4,8,10,12H2,(H,18,21)(H,19,22)/t14-/m0/s1. The second-order valence-corrected chi connectivity index (χ2v) is 8.94. The van der Waals surface area contributed by atoms with Crippen LogP contribution in [0.1, 0.15) is 12.8 Å². The van der Waals surface area contributed by atoms with Crippen LogP contribution in [0.15, 0.2) is 52.1 Å². The number of para-hydroxylation sites is 1. The summed E-state index contributed by atoms with van der Waals surface area (Å²) in [6, 6.07) is 11.6. The van der Waals surface area contributed by atoms with Gasteiger partial charge in [-0.15, -0.1) is 11.3 Å². The minimum atomic E-state index is -3.56. The Morgan fingerprint density at radius 1 is 1.12 bits per heavy atom. The lowest BCUT2D eigenvalue weighted by Crippen LogP contribution is -2.45. The molecule has 0 radical (unpaired) electrons. The fraction of sp³-hybridized carbons (Fsp3) is 0.294. The zero-order chi connectivity index (χ0) is 18.6. The Hall–Kier alpha value is -2.23. The molecule has 1 aliphatic heterocycles. The van der Waals surface area contributed by atoms with E-state index in [4.69, 9.17) is 0 Å². The van der Waals surface area contributed by atoms with E-state index in [1.165, 1.54) is 15.6 Å². The van der Waals surface area contributed by atoms with Gasteiger partial charge in [-0.2, -0.15) is 4.31 Å². The zero-order valence-corrected chi connectivity index (χ0v) is 15.6. The smallest absolute Gasteiger partial charge is 0.313 e. The first kappa shape index (κ1) is 18.6. The third-order valence-electron chi connectivity index (χ3n) is 4.12. The molecular weight excluding hydrogens is 374 g/mol. The molecule has 1 atom stereocenters. The van der Waals surface area contributed by atoms with Crippen LogP contribution in [0.3, 0.4) is 0 Å².